The molecule has 6 heteroatoms. The van der Waals surface area contributed by atoms with Gasteiger partial charge in [-0.05, 0) is 37.5 Å². The molecule has 2 rings (SSSR count). The Balaban J connectivity index is 2.12. The molecule has 1 aromatic carbocycles. The lowest BCUT2D eigenvalue weighted by Crippen LogP contribution is -2.34. The number of hydrogen-bond donors (Lipinski definition) is 1. The highest BCUT2D eigenvalue weighted by atomic mass is 35.5. The summed E-state index contributed by atoms with van der Waals surface area (Å²) in [7, 11) is -1.37. The number of nitrogens with one attached hydrogen (secondary N) is 1. The van der Waals surface area contributed by atoms with Gasteiger partial charge in [0, 0.05) is 17.3 Å². The highest BCUT2D eigenvalue weighted by Crippen LogP contribution is 2.32. The zero-order valence-corrected chi connectivity index (χ0v) is 13.3. The summed E-state index contributed by atoms with van der Waals surface area (Å²) in [5.74, 6) is 0.718. The minimum absolute atomic E-state index is 0.135. The molecule has 1 fully saturated rings. The van der Waals surface area contributed by atoms with Crippen LogP contribution in [0.5, 0.6) is 5.75 Å². The molecular formula is C14H20ClNO3S. The van der Waals surface area contributed by atoms with Gasteiger partial charge in [0.05, 0.1) is 18.0 Å². The summed E-state index contributed by atoms with van der Waals surface area (Å²) in [6, 6.07) is 5.52. The van der Waals surface area contributed by atoms with Crippen LogP contribution in [-0.2, 0) is 9.84 Å². The Labute approximate surface area is 125 Å². The molecule has 4 nitrogen and oxygen atoms in total. The first-order valence-corrected chi connectivity index (χ1v) is 9.02. The lowest BCUT2D eigenvalue weighted by Gasteiger charge is -2.29. The Morgan fingerprint density at radius 1 is 1.35 bits per heavy atom. The maximum Gasteiger partial charge on any atom is 0.150 e. The van der Waals surface area contributed by atoms with Crippen LogP contribution in [0.3, 0.4) is 0 Å². The largest absolute Gasteiger partial charge is 0.495 e. The molecule has 0 saturated heterocycles. The summed E-state index contributed by atoms with van der Waals surface area (Å²) < 4.78 is 28.7. The predicted molar refractivity (Wildman–Crippen MR) is 82.5 cm³/mol. The molecule has 1 N–H and O–H groups in total. The van der Waals surface area contributed by atoms with Crippen LogP contribution < -0.4 is 10.1 Å². The van der Waals surface area contributed by atoms with Gasteiger partial charge in [0.25, 0.3) is 0 Å². The molecule has 1 aliphatic carbocycles. The monoisotopic (exact) mass is 317 g/mol. The predicted octanol–water partition coefficient (Wildman–Crippen LogP) is 3.12. The Hall–Kier alpha value is -0.940. The average Bonchev–Trinajstić information content (AvgIpc) is 2.38. The minimum atomic E-state index is -2.97. The summed E-state index contributed by atoms with van der Waals surface area (Å²) in [6.07, 6.45) is 4.58. The van der Waals surface area contributed by atoms with Crippen molar-refractivity contribution in [1.29, 1.82) is 0 Å². The van der Waals surface area contributed by atoms with Crippen molar-refractivity contribution < 1.29 is 13.2 Å². The Morgan fingerprint density at radius 3 is 2.75 bits per heavy atom. The summed E-state index contributed by atoms with van der Waals surface area (Å²) in [6.45, 7) is 0. The number of sulfone groups is 1. The van der Waals surface area contributed by atoms with Gasteiger partial charge >= 0.3 is 0 Å². The summed E-state index contributed by atoms with van der Waals surface area (Å²) in [5, 5.41) is 3.75. The molecule has 0 bridgehead atoms. The van der Waals surface area contributed by atoms with E-state index < -0.39 is 9.84 Å². The van der Waals surface area contributed by atoms with E-state index in [1.165, 1.54) is 6.26 Å². The van der Waals surface area contributed by atoms with E-state index in [1.54, 1.807) is 13.2 Å². The molecule has 1 aromatic rings. The van der Waals surface area contributed by atoms with Gasteiger partial charge in [0.15, 0.2) is 0 Å². The number of benzene rings is 1. The molecule has 1 saturated carbocycles. The third kappa shape index (κ3) is 3.79. The van der Waals surface area contributed by atoms with Crippen LogP contribution in [0.15, 0.2) is 18.2 Å². The van der Waals surface area contributed by atoms with Crippen molar-refractivity contribution in [3.8, 4) is 5.75 Å². The lowest BCUT2D eigenvalue weighted by atomic mass is 9.94. The van der Waals surface area contributed by atoms with E-state index in [4.69, 9.17) is 16.3 Å². The summed E-state index contributed by atoms with van der Waals surface area (Å²) in [5.41, 5.74) is 0.819. The summed E-state index contributed by atoms with van der Waals surface area (Å²) >= 11 is 6.00. The molecule has 1 aliphatic rings. The first-order valence-electron chi connectivity index (χ1n) is 6.69. The fourth-order valence-electron chi connectivity index (χ4n) is 2.68. The lowest BCUT2D eigenvalue weighted by molar-refractivity contribution is 0.412. The van der Waals surface area contributed by atoms with E-state index in [0.717, 1.165) is 30.7 Å². The number of rotatable bonds is 4. The second-order valence-electron chi connectivity index (χ2n) is 5.30. The van der Waals surface area contributed by atoms with Crippen LogP contribution in [0.25, 0.3) is 0 Å². The van der Waals surface area contributed by atoms with Crippen LogP contribution in [-0.4, -0.2) is 33.1 Å². The van der Waals surface area contributed by atoms with Crippen molar-refractivity contribution >= 4 is 27.1 Å². The molecule has 0 radical (unpaired) electrons. The highest BCUT2D eigenvalue weighted by molar-refractivity contribution is 7.91. The second kappa shape index (κ2) is 6.22. The molecule has 0 aliphatic heterocycles. The molecule has 20 heavy (non-hydrogen) atoms. The fraction of sp³-hybridized carbons (Fsp3) is 0.571. The fourth-order valence-corrected chi connectivity index (χ4v) is 4.03. The number of anilines is 1. The zero-order chi connectivity index (χ0) is 14.8. The normalized spacial score (nSPS) is 23.4. The van der Waals surface area contributed by atoms with Crippen molar-refractivity contribution in [1.82, 2.24) is 0 Å². The first-order chi connectivity index (χ1) is 9.40. The van der Waals surface area contributed by atoms with Crippen LogP contribution in [0.4, 0.5) is 5.69 Å². The van der Waals surface area contributed by atoms with Crippen LogP contribution in [0.1, 0.15) is 25.7 Å². The molecule has 0 amide bonds. The van der Waals surface area contributed by atoms with Crippen LogP contribution in [0, 0.1) is 0 Å². The number of halogens is 1. The van der Waals surface area contributed by atoms with Gasteiger partial charge in [-0.1, -0.05) is 18.0 Å². The molecule has 2 atom stereocenters. The molecular weight excluding hydrogens is 298 g/mol. The topological polar surface area (TPSA) is 55.4 Å². The maximum atomic E-state index is 11.7. The van der Waals surface area contributed by atoms with Gasteiger partial charge in [-0.25, -0.2) is 8.42 Å². The van der Waals surface area contributed by atoms with Gasteiger partial charge in [0.1, 0.15) is 15.6 Å². The quantitative estimate of drug-likeness (QED) is 0.927. The molecule has 112 valence electrons. The zero-order valence-electron chi connectivity index (χ0n) is 11.7. The van der Waals surface area contributed by atoms with E-state index in [1.807, 2.05) is 12.1 Å². The third-order valence-corrected chi connectivity index (χ3v) is 5.63. The van der Waals surface area contributed by atoms with Gasteiger partial charge in [-0.2, -0.15) is 0 Å². The van der Waals surface area contributed by atoms with Crippen molar-refractivity contribution in [3.63, 3.8) is 0 Å². The Bertz CT molecular complexity index is 574. The van der Waals surface area contributed by atoms with Crippen molar-refractivity contribution in [2.45, 2.75) is 37.0 Å². The van der Waals surface area contributed by atoms with Crippen molar-refractivity contribution in [2.75, 3.05) is 18.7 Å². The van der Waals surface area contributed by atoms with E-state index >= 15 is 0 Å². The molecule has 2 unspecified atom stereocenters. The van der Waals surface area contributed by atoms with Gasteiger partial charge < -0.3 is 10.1 Å². The van der Waals surface area contributed by atoms with E-state index in [9.17, 15) is 8.42 Å². The Morgan fingerprint density at radius 2 is 2.10 bits per heavy atom. The van der Waals surface area contributed by atoms with E-state index in [2.05, 4.69) is 5.32 Å². The third-order valence-electron chi connectivity index (χ3n) is 3.75. The van der Waals surface area contributed by atoms with Gasteiger partial charge in [-0.3, -0.25) is 0 Å². The first kappa shape index (κ1) is 15.4. The maximum absolute atomic E-state index is 11.7. The smallest absolute Gasteiger partial charge is 0.150 e. The van der Waals surface area contributed by atoms with Crippen molar-refractivity contribution in [2.24, 2.45) is 0 Å². The molecule has 0 spiro atoms. The molecule has 0 aromatic heterocycles. The number of methoxy groups -OCH3 is 1. The summed E-state index contributed by atoms with van der Waals surface area (Å²) in [4.78, 5) is 0. The van der Waals surface area contributed by atoms with Crippen LogP contribution >= 0.6 is 11.6 Å². The standard InChI is InChI=1S/C14H20ClNO3S/c1-19-14-7-6-10(15)8-13(14)16-11-4-3-5-12(9-11)20(2,17)18/h6-8,11-12,16H,3-5,9H2,1-2H3. The van der Waals surface area contributed by atoms with Gasteiger partial charge in [0.2, 0.25) is 0 Å². The van der Waals surface area contributed by atoms with E-state index in [0.29, 0.717) is 11.4 Å². The van der Waals surface area contributed by atoms with Crippen molar-refractivity contribution in [3.05, 3.63) is 23.2 Å². The van der Waals surface area contributed by atoms with Gasteiger partial charge in [-0.15, -0.1) is 0 Å². The minimum Gasteiger partial charge on any atom is -0.495 e. The van der Waals surface area contributed by atoms with Crippen LogP contribution in [0.2, 0.25) is 5.02 Å². The number of hydrogen-bond acceptors (Lipinski definition) is 4. The Kier molecular flexibility index (Phi) is 4.81. The average molecular weight is 318 g/mol. The SMILES string of the molecule is COc1ccc(Cl)cc1NC1CCCC(S(C)(=O)=O)C1. The van der Waals surface area contributed by atoms with E-state index in [-0.39, 0.29) is 11.3 Å². The number of ether oxygens (including phenoxy) is 1. The molecule has 0 heterocycles. The highest BCUT2D eigenvalue weighted by Gasteiger charge is 2.29. The second-order valence-corrected chi connectivity index (χ2v) is 8.07.